The molecule has 0 spiro atoms. The van der Waals surface area contributed by atoms with Crippen molar-refractivity contribution in [1.29, 1.82) is 0 Å². The molecular formula is C28H41NO2. The number of aryl methyl sites for hydroxylation is 1. The maximum Gasteiger partial charge on any atom is 0.0656 e. The molecule has 8 atom stereocenters. The number of hydrogen-bond donors (Lipinski definition) is 2. The van der Waals surface area contributed by atoms with E-state index in [2.05, 4.69) is 37.9 Å². The van der Waals surface area contributed by atoms with E-state index >= 15 is 0 Å². The standard InChI is InChI=1S/C28H41NO2/c1-26-13-11-21(30)17-20(26)6-7-22-23-8-9-25(27(23,2)14-12-24(22)26)28(3,31)15-10-19-5-4-16-29-18-19/h4-6,16,18,21-25,30-31H,7-15,17H2,1-3H3/t21-,22-,23-,24-,25-,26-,27-,28-/m0/s1. The fourth-order valence-electron chi connectivity index (χ4n) is 8.78. The van der Waals surface area contributed by atoms with Gasteiger partial charge in [0.05, 0.1) is 11.7 Å². The molecule has 0 saturated heterocycles. The molecular weight excluding hydrogens is 382 g/mol. The van der Waals surface area contributed by atoms with Gasteiger partial charge >= 0.3 is 0 Å². The van der Waals surface area contributed by atoms with E-state index in [-0.39, 0.29) is 11.5 Å². The normalized spacial score (nSPS) is 43.9. The van der Waals surface area contributed by atoms with Gasteiger partial charge in [-0.05, 0) is 117 Å². The van der Waals surface area contributed by atoms with Crippen molar-refractivity contribution in [1.82, 2.24) is 4.98 Å². The molecule has 1 aromatic rings. The third-order valence-corrected chi connectivity index (χ3v) is 10.5. The summed E-state index contributed by atoms with van der Waals surface area (Å²) in [5.41, 5.74) is 2.69. The van der Waals surface area contributed by atoms with Gasteiger partial charge in [0.2, 0.25) is 0 Å². The lowest BCUT2D eigenvalue weighted by Gasteiger charge is -2.59. The number of nitrogens with zero attached hydrogens (tertiary/aromatic N) is 1. The third kappa shape index (κ3) is 3.51. The molecule has 0 amide bonds. The largest absolute Gasteiger partial charge is 0.393 e. The van der Waals surface area contributed by atoms with Gasteiger partial charge in [0, 0.05) is 12.4 Å². The first kappa shape index (κ1) is 21.6. The predicted molar refractivity (Wildman–Crippen MR) is 124 cm³/mol. The highest BCUT2D eigenvalue weighted by molar-refractivity contribution is 5.25. The topological polar surface area (TPSA) is 53.4 Å². The van der Waals surface area contributed by atoms with Crippen LogP contribution in [0.25, 0.3) is 0 Å². The second kappa shape index (κ2) is 7.70. The molecule has 0 bridgehead atoms. The minimum atomic E-state index is -0.624. The molecule has 0 radical (unpaired) electrons. The van der Waals surface area contributed by atoms with E-state index in [9.17, 15) is 10.2 Å². The zero-order valence-electron chi connectivity index (χ0n) is 19.7. The average molecular weight is 424 g/mol. The van der Waals surface area contributed by atoms with Crippen LogP contribution >= 0.6 is 0 Å². The first-order chi connectivity index (χ1) is 14.7. The Morgan fingerprint density at radius 2 is 1.97 bits per heavy atom. The van der Waals surface area contributed by atoms with Crippen molar-refractivity contribution in [3.05, 3.63) is 41.7 Å². The average Bonchev–Trinajstić information content (AvgIpc) is 3.12. The van der Waals surface area contributed by atoms with Crippen LogP contribution in [-0.2, 0) is 6.42 Å². The monoisotopic (exact) mass is 423 g/mol. The van der Waals surface area contributed by atoms with Gasteiger partial charge in [0.25, 0.3) is 0 Å². The van der Waals surface area contributed by atoms with E-state index in [1.165, 1.54) is 31.2 Å². The lowest BCUT2D eigenvalue weighted by Crippen LogP contribution is -2.53. The van der Waals surface area contributed by atoms with Gasteiger partial charge in [0.1, 0.15) is 0 Å². The number of fused-ring (bicyclic) bond motifs is 5. The molecule has 5 rings (SSSR count). The SMILES string of the molecule is C[C@]12CC[C@H]3[C@@H](CC=C4C[C@@H](O)CC[C@@]43C)[C@@H]1CC[C@@H]2[C@@](C)(O)CCc1cccnc1. The molecule has 4 aliphatic carbocycles. The highest BCUT2D eigenvalue weighted by Gasteiger charge is 2.61. The van der Waals surface area contributed by atoms with Crippen molar-refractivity contribution < 1.29 is 10.2 Å². The molecule has 31 heavy (non-hydrogen) atoms. The molecule has 3 saturated carbocycles. The summed E-state index contributed by atoms with van der Waals surface area (Å²) in [5, 5.41) is 21.9. The fraction of sp³-hybridized carbons (Fsp3) is 0.750. The number of rotatable bonds is 4. The van der Waals surface area contributed by atoms with Crippen molar-refractivity contribution in [2.75, 3.05) is 0 Å². The quantitative estimate of drug-likeness (QED) is 0.610. The highest BCUT2D eigenvalue weighted by atomic mass is 16.3. The lowest BCUT2D eigenvalue weighted by atomic mass is 9.46. The van der Waals surface area contributed by atoms with E-state index in [0.717, 1.165) is 56.3 Å². The van der Waals surface area contributed by atoms with Gasteiger partial charge in [-0.1, -0.05) is 31.6 Å². The van der Waals surface area contributed by atoms with Crippen molar-refractivity contribution in [2.45, 2.75) is 96.7 Å². The number of hydrogen-bond acceptors (Lipinski definition) is 3. The van der Waals surface area contributed by atoms with Crippen LogP contribution in [0, 0.1) is 34.5 Å². The maximum absolute atomic E-state index is 11.7. The Kier molecular flexibility index (Phi) is 5.37. The van der Waals surface area contributed by atoms with E-state index in [1.807, 2.05) is 18.5 Å². The molecule has 0 unspecified atom stereocenters. The van der Waals surface area contributed by atoms with Gasteiger partial charge in [-0.25, -0.2) is 0 Å². The van der Waals surface area contributed by atoms with Gasteiger partial charge < -0.3 is 10.2 Å². The molecule has 3 nitrogen and oxygen atoms in total. The Morgan fingerprint density at radius 1 is 1.13 bits per heavy atom. The van der Waals surface area contributed by atoms with E-state index in [0.29, 0.717) is 11.3 Å². The Hall–Kier alpha value is -1.19. The van der Waals surface area contributed by atoms with Crippen LogP contribution in [0.15, 0.2) is 36.2 Å². The first-order valence-electron chi connectivity index (χ1n) is 12.7. The van der Waals surface area contributed by atoms with Crippen LogP contribution in [-0.4, -0.2) is 26.9 Å². The number of aromatic nitrogens is 1. The molecule has 1 heterocycles. The number of pyridine rings is 1. The van der Waals surface area contributed by atoms with Gasteiger partial charge in [-0.15, -0.1) is 0 Å². The summed E-state index contributed by atoms with van der Waals surface area (Å²) in [6.45, 7) is 7.12. The van der Waals surface area contributed by atoms with Gasteiger partial charge in [-0.2, -0.15) is 0 Å². The van der Waals surface area contributed by atoms with Crippen LogP contribution in [0.5, 0.6) is 0 Å². The maximum atomic E-state index is 11.7. The molecule has 4 aliphatic rings. The minimum Gasteiger partial charge on any atom is -0.393 e. The molecule has 0 aliphatic heterocycles. The predicted octanol–water partition coefficient (Wildman–Crippen LogP) is 5.71. The molecule has 0 aromatic carbocycles. The molecule has 3 heteroatoms. The summed E-state index contributed by atoms with van der Waals surface area (Å²) in [7, 11) is 0. The summed E-state index contributed by atoms with van der Waals surface area (Å²) in [4.78, 5) is 4.25. The first-order valence-corrected chi connectivity index (χ1v) is 12.7. The zero-order chi connectivity index (χ0) is 21.9. The van der Waals surface area contributed by atoms with Crippen molar-refractivity contribution in [3.63, 3.8) is 0 Å². The van der Waals surface area contributed by atoms with E-state index in [4.69, 9.17) is 0 Å². The number of aliphatic hydroxyl groups is 2. The third-order valence-electron chi connectivity index (χ3n) is 10.5. The second-order valence-corrected chi connectivity index (χ2v) is 12.0. The summed E-state index contributed by atoms with van der Waals surface area (Å²) < 4.78 is 0. The second-order valence-electron chi connectivity index (χ2n) is 12.0. The zero-order valence-corrected chi connectivity index (χ0v) is 19.7. The van der Waals surface area contributed by atoms with Crippen LogP contribution in [0.4, 0.5) is 0 Å². The van der Waals surface area contributed by atoms with Gasteiger partial charge in [0.15, 0.2) is 0 Å². The molecule has 3 fully saturated rings. The Labute approximate surface area is 188 Å². The van der Waals surface area contributed by atoms with Crippen LogP contribution < -0.4 is 0 Å². The summed E-state index contributed by atoms with van der Waals surface area (Å²) in [6, 6.07) is 4.12. The van der Waals surface area contributed by atoms with Crippen LogP contribution in [0.2, 0.25) is 0 Å². The van der Waals surface area contributed by atoms with Crippen molar-refractivity contribution in [3.8, 4) is 0 Å². The van der Waals surface area contributed by atoms with Crippen LogP contribution in [0.1, 0.15) is 84.1 Å². The van der Waals surface area contributed by atoms with E-state index in [1.54, 1.807) is 5.57 Å². The smallest absolute Gasteiger partial charge is 0.0656 e. The Bertz CT molecular complexity index is 833. The fourth-order valence-corrected chi connectivity index (χ4v) is 8.78. The Balaban J connectivity index is 1.35. The minimum absolute atomic E-state index is 0.129. The number of aliphatic hydroxyl groups excluding tert-OH is 1. The molecule has 1 aromatic heterocycles. The molecule has 170 valence electrons. The summed E-state index contributed by atoms with van der Waals surface area (Å²) in [5.74, 6) is 2.62. The van der Waals surface area contributed by atoms with Gasteiger partial charge in [-0.3, -0.25) is 4.98 Å². The molecule has 2 N–H and O–H groups in total. The van der Waals surface area contributed by atoms with Crippen molar-refractivity contribution >= 4 is 0 Å². The van der Waals surface area contributed by atoms with Crippen molar-refractivity contribution in [2.24, 2.45) is 34.5 Å². The summed E-state index contributed by atoms with van der Waals surface area (Å²) in [6.07, 6.45) is 17.0. The highest BCUT2D eigenvalue weighted by Crippen LogP contribution is 2.67. The van der Waals surface area contributed by atoms with E-state index < -0.39 is 5.60 Å². The summed E-state index contributed by atoms with van der Waals surface area (Å²) >= 11 is 0. The lowest BCUT2D eigenvalue weighted by molar-refractivity contribution is -0.104. The number of allylic oxidation sites excluding steroid dienone is 1. The Morgan fingerprint density at radius 3 is 2.74 bits per heavy atom. The van der Waals surface area contributed by atoms with Crippen LogP contribution in [0.3, 0.4) is 0 Å².